The van der Waals surface area contributed by atoms with Gasteiger partial charge in [0.05, 0.1) is 12.1 Å². The quantitative estimate of drug-likeness (QED) is 0.764. The lowest BCUT2D eigenvalue weighted by molar-refractivity contribution is 0.0507. The minimum absolute atomic E-state index is 0.325. The molecule has 2 aliphatic rings. The minimum atomic E-state index is 0.325. The van der Waals surface area contributed by atoms with Crippen molar-refractivity contribution in [3.05, 3.63) is 35.4 Å². The molecule has 2 nitrogen and oxygen atoms in total. The van der Waals surface area contributed by atoms with Gasteiger partial charge in [0, 0.05) is 7.11 Å². The van der Waals surface area contributed by atoms with Gasteiger partial charge in [0.2, 0.25) is 0 Å². The van der Waals surface area contributed by atoms with Crippen LogP contribution in [-0.4, -0.2) is 19.8 Å². The van der Waals surface area contributed by atoms with E-state index in [-0.39, 0.29) is 0 Å². The van der Waals surface area contributed by atoms with E-state index < -0.39 is 0 Å². The first-order valence-corrected chi connectivity index (χ1v) is 8.69. The smallest absolute Gasteiger partial charge is 0.0794 e. The summed E-state index contributed by atoms with van der Waals surface area (Å²) in [7, 11) is 1.87. The normalized spacial score (nSPS) is 21.8. The molecule has 2 atom stereocenters. The maximum Gasteiger partial charge on any atom is 0.0794 e. The van der Waals surface area contributed by atoms with Crippen LogP contribution >= 0.6 is 0 Å². The molecule has 1 N–H and O–H groups in total. The molecule has 0 amide bonds. The van der Waals surface area contributed by atoms with E-state index in [1.165, 1.54) is 43.2 Å². The Hall–Kier alpha value is -0.860. The van der Waals surface area contributed by atoms with E-state index in [0.29, 0.717) is 12.1 Å². The van der Waals surface area contributed by atoms with Crippen molar-refractivity contribution in [2.45, 2.75) is 63.5 Å². The van der Waals surface area contributed by atoms with Crippen LogP contribution in [0.15, 0.2) is 24.3 Å². The topological polar surface area (TPSA) is 21.3 Å². The van der Waals surface area contributed by atoms with E-state index in [0.717, 1.165) is 24.8 Å². The van der Waals surface area contributed by atoms with Crippen LogP contribution in [0, 0.1) is 5.92 Å². The van der Waals surface area contributed by atoms with Gasteiger partial charge in [-0.3, -0.25) is 0 Å². The van der Waals surface area contributed by atoms with Gasteiger partial charge in [0.1, 0.15) is 0 Å². The van der Waals surface area contributed by atoms with Crippen molar-refractivity contribution in [2.75, 3.05) is 13.7 Å². The Morgan fingerprint density at radius 1 is 1.14 bits per heavy atom. The van der Waals surface area contributed by atoms with E-state index in [4.69, 9.17) is 4.74 Å². The number of methoxy groups -OCH3 is 1. The molecule has 0 aromatic heterocycles. The summed E-state index contributed by atoms with van der Waals surface area (Å²) in [6.45, 7) is 3.28. The fourth-order valence-electron chi connectivity index (χ4n) is 3.47. The monoisotopic (exact) mass is 287 g/mol. The van der Waals surface area contributed by atoms with Crippen LogP contribution in [0.2, 0.25) is 0 Å². The summed E-state index contributed by atoms with van der Waals surface area (Å²) in [5.41, 5.74) is 2.92. The second-order valence-electron chi connectivity index (χ2n) is 6.76. The molecule has 2 unspecified atom stereocenters. The Morgan fingerprint density at radius 3 is 2.33 bits per heavy atom. The van der Waals surface area contributed by atoms with Gasteiger partial charge in [0.15, 0.2) is 0 Å². The van der Waals surface area contributed by atoms with Crippen molar-refractivity contribution in [3.63, 3.8) is 0 Å². The highest BCUT2D eigenvalue weighted by molar-refractivity contribution is 5.29. The maximum atomic E-state index is 5.84. The fraction of sp³-hybridized carbons (Fsp3) is 0.684. The van der Waals surface area contributed by atoms with Crippen molar-refractivity contribution >= 4 is 0 Å². The molecule has 1 aromatic carbocycles. The molecule has 0 spiro atoms. The van der Waals surface area contributed by atoms with Crippen LogP contribution in [0.3, 0.4) is 0 Å². The third-order valence-electron chi connectivity index (χ3n) is 5.17. The summed E-state index contributed by atoms with van der Waals surface area (Å²) >= 11 is 0. The zero-order valence-corrected chi connectivity index (χ0v) is 13.5. The summed E-state index contributed by atoms with van der Waals surface area (Å²) in [6, 6.07) is 9.70. The summed E-state index contributed by atoms with van der Waals surface area (Å²) < 4.78 is 5.84. The van der Waals surface area contributed by atoms with Crippen molar-refractivity contribution in [3.8, 4) is 0 Å². The maximum absolute atomic E-state index is 5.84. The number of hydrogen-bond acceptors (Lipinski definition) is 2. The molecule has 3 rings (SSSR count). The minimum Gasteiger partial charge on any atom is -0.379 e. The summed E-state index contributed by atoms with van der Waals surface area (Å²) in [5, 5.41) is 3.71. The molecule has 2 aliphatic carbocycles. The summed E-state index contributed by atoms with van der Waals surface area (Å²) in [4.78, 5) is 0. The number of rotatable bonds is 8. The Morgan fingerprint density at radius 2 is 1.86 bits per heavy atom. The highest BCUT2D eigenvalue weighted by Crippen LogP contribution is 2.41. The standard InChI is InChI=1S/C19H29NO/c1-3-13-20-18(19(21-2)17-11-12-17)16-9-7-15(8-10-16)14-5-4-6-14/h7-10,14,17-20H,3-6,11-13H2,1-2H3. The second kappa shape index (κ2) is 6.93. The van der Waals surface area contributed by atoms with Crippen LogP contribution in [0.5, 0.6) is 0 Å². The Labute approximate surface area is 129 Å². The number of hydrogen-bond donors (Lipinski definition) is 1. The molecule has 0 heterocycles. The first kappa shape index (κ1) is 15.1. The zero-order valence-electron chi connectivity index (χ0n) is 13.5. The molecule has 116 valence electrons. The Balaban J connectivity index is 1.74. The van der Waals surface area contributed by atoms with Gasteiger partial charge in [-0.15, -0.1) is 0 Å². The van der Waals surface area contributed by atoms with E-state index in [9.17, 15) is 0 Å². The Kier molecular flexibility index (Phi) is 4.97. The van der Waals surface area contributed by atoms with Gasteiger partial charge >= 0.3 is 0 Å². The van der Waals surface area contributed by atoms with Gasteiger partial charge in [-0.1, -0.05) is 37.6 Å². The average Bonchev–Trinajstić information content (AvgIpc) is 3.27. The van der Waals surface area contributed by atoms with E-state index in [1.807, 2.05) is 7.11 Å². The van der Waals surface area contributed by atoms with Crippen molar-refractivity contribution < 1.29 is 4.74 Å². The molecule has 2 fully saturated rings. The fourth-order valence-corrected chi connectivity index (χ4v) is 3.47. The van der Waals surface area contributed by atoms with E-state index in [1.54, 1.807) is 0 Å². The largest absolute Gasteiger partial charge is 0.379 e. The van der Waals surface area contributed by atoms with Gasteiger partial charge in [-0.25, -0.2) is 0 Å². The predicted octanol–water partition coefficient (Wildman–Crippen LogP) is 4.42. The molecular formula is C19H29NO. The van der Waals surface area contributed by atoms with Gasteiger partial charge < -0.3 is 10.1 Å². The highest BCUT2D eigenvalue weighted by Gasteiger charge is 2.37. The number of nitrogens with one attached hydrogen (secondary N) is 1. The third-order valence-corrected chi connectivity index (χ3v) is 5.17. The first-order valence-electron chi connectivity index (χ1n) is 8.69. The molecular weight excluding hydrogens is 258 g/mol. The molecule has 0 radical (unpaired) electrons. The molecule has 0 aliphatic heterocycles. The number of ether oxygens (including phenoxy) is 1. The molecule has 0 bridgehead atoms. The molecule has 2 saturated carbocycles. The van der Waals surface area contributed by atoms with Gasteiger partial charge in [-0.05, 0) is 61.6 Å². The molecule has 21 heavy (non-hydrogen) atoms. The van der Waals surface area contributed by atoms with Crippen molar-refractivity contribution in [1.82, 2.24) is 5.32 Å². The lowest BCUT2D eigenvalue weighted by atomic mass is 9.79. The highest BCUT2D eigenvalue weighted by atomic mass is 16.5. The lowest BCUT2D eigenvalue weighted by Gasteiger charge is -2.29. The van der Waals surface area contributed by atoms with Crippen LogP contribution in [0.4, 0.5) is 0 Å². The van der Waals surface area contributed by atoms with Crippen LogP contribution in [0.1, 0.15) is 68.5 Å². The van der Waals surface area contributed by atoms with E-state index in [2.05, 4.69) is 36.5 Å². The third kappa shape index (κ3) is 3.49. The Bertz CT molecular complexity index is 433. The van der Waals surface area contributed by atoms with Crippen LogP contribution in [-0.2, 0) is 4.74 Å². The lowest BCUT2D eigenvalue weighted by Crippen LogP contribution is -2.35. The summed E-state index contributed by atoms with van der Waals surface area (Å²) in [6.07, 6.45) is 8.29. The first-order chi connectivity index (χ1) is 10.3. The van der Waals surface area contributed by atoms with Gasteiger partial charge in [-0.2, -0.15) is 0 Å². The second-order valence-corrected chi connectivity index (χ2v) is 6.76. The average molecular weight is 287 g/mol. The summed E-state index contributed by atoms with van der Waals surface area (Å²) in [5.74, 6) is 1.57. The molecule has 0 saturated heterocycles. The van der Waals surface area contributed by atoms with E-state index >= 15 is 0 Å². The van der Waals surface area contributed by atoms with Crippen molar-refractivity contribution in [2.24, 2.45) is 5.92 Å². The zero-order chi connectivity index (χ0) is 14.7. The number of benzene rings is 1. The molecule has 2 heteroatoms. The van der Waals surface area contributed by atoms with Crippen molar-refractivity contribution in [1.29, 1.82) is 0 Å². The molecule has 1 aromatic rings. The van der Waals surface area contributed by atoms with Crippen LogP contribution < -0.4 is 5.32 Å². The SMILES string of the molecule is CCCNC(c1ccc(C2CCC2)cc1)C(OC)C1CC1. The predicted molar refractivity (Wildman–Crippen MR) is 87.6 cm³/mol. The van der Waals surface area contributed by atoms with Crippen LogP contribution in [0.25, 0.3) is 0 Å². The van der Waals surface area contributed by atoms with Gasteiger partial charge in [0.25, 0.3) is 0 Å².